The Labute approximate surface area is 171 Å². The molecule has 168 valence electrons. The van der Waals surface area contributed by atoms with E-state index in [-0.39, 0.29) is 0 Å². The van der Waals surface area contributed by atoms with Crippen molar-refractivity contribution in [2.24, 2.45) is 5.73 Å². The summed E-state index contributed by atoms with van der Waals surface area (Å²) in [6, 6.07) is 0. The number of carbonyl (C=O) groups is 3. The molecule has 29 heavy (non-hydrogen) atoms. The minimum Gasteiger partial charge on any atom is -0.456 e. The summed E-state index contributed by atoms with van der Waals surface area (Å²) in [6.45, 7) is 8.07. The van der Waals surface area contributed by atoms with Gasteiger partial charge < -0.3 is 34.7 Å². The van der Waals surface area contributed by atoms with Crippen LogP contribution in [0.4, 0.5) is 0 Å². The van der Waals surface area contributed by atoms with Crippen LogP contribution in [0, 0.1) is 0 Å². The van der Waals surface area contributed by atoms with Gasteiger partial charge in [0.2, 0.25) is 0 Å². The van der Waals surface area contributed by atoms with E-state index in [1.165, 1.54) is 20.8 Å². The molecule has 1 heterocycles. The average molecular weight is 418 g/mol. The first-order valence-electron chi connectivity index (χ1n) is 9.99. The van der Waals surface area contributed by atoms with Crippen LogP contribution in [0.5, 0.6) is 0 Å². The van der Waals surface area contributed by atoms with Gasteiger partial charge in [0.05, 0.1) is 6.61 Å². The second-order valence-corrected chi connectivity index (χ2v) is 6.79. The average Bonchev–Trinajstić information content (AvgIpc) is 2.63. The Morgan fingerprint density at radius 2 is 1.45 bits per heavy atom. The molecule has 0 amide bonds. The van der Waals surface area contributed by atoms with Crippen LogP contribution in [0.1, 0.15) is 47.0 Å². The molecule has 0 aromatic carbocycles. The maximum absolute atomic E-state index is 11.7. The van der Waals surface area contributed by atoms with E-state index in [4.69, 9.17) is 29.4 Å². The monoisotopic (exact) mass is 418 g/mol. The first-order chi connectivity index (χ1) is 13.8. The Kier molecular flexibility index (Phi) is 11.7. The largest absolute Gasteiger partial charge is 0.456 e. The number of rotatable bonds is 12. The lowest BCUT2D eigenvalue weighted by Gasteiger charge is -2.44. The Bertz CT molecular complexity index is 530. The summed E-state index contributed by atoms with van der Waals surface area (Å²) in [6.07, 6.45) is -2.49. The topological polar surface area (TPSA) is 135 Å². The van der Waals surface area contributed by atoms with Gasteiger partial charge in [-0.25, -0.2) is 0 Å². The van der Waals surface area contributed by atoms with Crippen molar-refractivity contribution in [1.82, 2.24) is 5.32 Å². The van der Waals surface area contributed by atoms with Gasteiger partial charge in [-0.2, -0.15) is 0 Å². The molecule has 0 saturated carbocycles. The van der Waals surface area contributed by atoms with E-state index >= 15 is 0 Å². The van der Waals surface area contributed by atoms with Crippen LogP contribution < -0.4 is 11.1 Å². The lowest BCUT2D eigenvalue weighted by molar-refractivity contribution is -0.304. The van der Waals surface area contributed by atoms with E-state index in [0.29, 0.717) is 26.0 Å². The zero-order chi connectivity index (χ0) is 21.8. The van der Waals surface area contributed by atoms with Crippen molar-refractivity contribution in [2.45, 2.75) is 77.7 Å². The van der Waals surface area contributed by atoms with Crippen LogP contribution in [-0.2, 0) is 38.1 Å². The summed E-state index contributed by atoms with van der Waals surface area (Å²) < 4.78 is 27.8. The Hall–Kier alpha value is -1.75. The van der Waals surface area contributed by atoms with Crippen LogP contribution in [0.25, 0.3) is 0 Å². The third-order valence-corrected chi connectivity index (χ3v) is 4.24. The summed E-state index contributed by atoms with van der Waals surface area (Å²) in [5.74, 6) is -1.74. The molecule has 1 rings (SSSR count). The lowest BCUT2D eigenvalue weighted by atomic mass is 9.96. The molecule has 0 radical (unpaired) electrons. The van der Waals surface area contributed by atoms with E-state index in [9.17, 15) is 14.4 Å². The van der Waals surface area contributed by atoms with Crippen LogP contribution >= 0.6 is 0 Å². The molecule has 3 N–H and O–H groups in total. The summed E-state index contributed by atoms with van der Waals surface area (Å²) in [4.78, 5) is 34.9. The molecule has 0 spiro atoms. The normalized spacial score (nSPS) is 26.6. The van der Waals surface area contributed by atoms with E-state index in [1.54, 1.807) is 0 Å². The Morgan fingerprint density at radius 3 is 2.00 bits per heavy atom. The van der Waals surface area contributed by atoms with E-state index in [1.807, 2.05) is 6.92 Å². The van der Waals surface area contributed by atoms with Gasteiger partial charge in [-0.3, -0.25) is 14.4 Å². The molecular weight excluding hydrogens is 384 g/mol. The van der Waals surface area contributed by atoms with Crippen LogP contribution in [0.2, 0.25) is 0 Å². The standard InChI is InChI=1S/C19H34N2O8/c1-5-15-16(26-12(2)22)17(27-13(3)23)18(28-14(4)24)19(29-15)25-11-7-10-21-9-6-8-20/h15-19,21H,5-11,20H2,1-4H3. The third kappa shape index (κ3) is 9.07. The van der Waals surface area contributed by atoms with Crippen molar-refractivity contribution in [3.05, 3.63) is 0 Å². The van der Waals surface area contributed by atoms with Crippen molar-refractivity contribution in [2.75, 3.05) is 26.2 Å². The number of nitrogens with two attached hydrogens (primary N) is 1. The van der Waals surface area contributed by atoms with E-state index < -0.39 is 48.6 Å². The van der Waals surface area contributed by atoms with Crippen molar-refractivity contribution in [3.63, 3.8) is 0 Å². The fourth-order valence-corrected chi connectivity index (χ4v) is 3.07. The number of ether oxygens (including phenoxy) is 5. The van der Waals surface area contributed by atoms with Gasteiger partial charge >= 0.3 is 17.9 Å². The van der Waals surface area contributed by atoms with Gasteiger partial charge in [0, 0.05) is 20.8 Å². The molecule has 5 atom stereocenters. The maximum atomic E-state index is 11.7. The number of nitrogens with one attached hydrogen (secondary N) is 1. The molecule has 0 aromatic heterocycles. The molecule has 1 aliphatic rings. The summed E-state index contributed by atoms with van der Waals surface area (Å²) in [5, 5.41) is 3.24. The summed E-state index contributed by atoms with van der Waals surface area (Å²) in [7, 11) is 0. The third-order valence-electron chi connectivity index (χ3n) is 4.24. The number of hydrogen-bond acceptors (Lipinski definition) is 10. The van der Waals surface area contributed by atoms with Gasteiger partial charge in [-0.1, -0.05) is 6.92 Å². The molecule has 1 fully saturated rings. The Balaban J connectivity index is 2.87. The SMILES string of the molecule is CCC1OC(OCCCNCCCN)C(OC(C)=O)C(OC(C)=O)C1OC(C)=O. The molecule has 0 bridgehead atoms. The smallest absolute Gasteiger partial charge is 0.303 e. The second-order valence-electron chi connectivity index (χ2n) is 6.79. The van der Waals surface area contributed by atoms with Crippen LogP contribution in [0.15, 0.2) is 0 Å². The molecule has 1 saturated heterocycles. The van der Waals surface area contributed by atoms with Gasteiger partial charge in [-0.05, 0) is 38.9 Å². The molecule has 5 unspecified atom stereocenters. The second kappa shape index (κ2) is 13.5. The predicted octanol–water partition coefficient (Wildman–Crippen LogP) is 0.262. The van der Waals surface area contributed by atoms with Gasteiger partial charge in [-0.15, -0.1) is 0 Å². The minimum absolute atomic E-state index is 0.333. The van der Waals surface area contributed by atoms with Crippen LogP contribution in [-0.4, -0.2) is 74.9 Å². The van der Waals surface area contributed by atoms with E-state index in [0.717, 1.165) is 19.5 Å². The summed E-state index contributed by atoms with van der Waals surface area (Å²) >= 11 is 0. The number of carbonyl (C=O) groups excluding carboxylic acids is 3. The Morgan fingerprint density at radius 1 is 0.897 bits per heavy atom. The van der Waals surface area contributed by atoms with Crippen molar-refractivity contribution in [1.29, 1.82) is 0 Å². The van der Waals surface area contributed by atoms with Crippen LogP contribution in [0.3, 0.4) is 0 Å². The zero-order valence-electron chi connectivity index (χ0n) is 17.7. The first-order valence-corrected chi connectivity index (χ1v) is 9.99. The minimum atomic E-state index is -1.06. The van der Waals surface area contributed by atoms with Crippen molar-refractivity contribution >= 4 is 17.9 Å². The molecule has 1 aliphatic heterocycles. The van der Waals surface area contributed by atoms with E-state index in [2.05, 4.69) is 5.32 Å². The zero-order valence-corrected chi connectivity index (χ0v) is 17.7. The van der Waals surface area contributed by atoms with Gasteiger partial charge in [0.1, 0.15) is 6.10 Å². The highest BCUT2D eigenvalue weighted by molar-refractivity contribution is 5.68. The molecule has 0 aliphatic carbocycles. The molecule has 10 nitrogen and oxygen atoms in total. The van der Waals surface area contributed by atoms with Gasteiger partial charge in [0.25, 0.3) is 0 Å². The highest BCUT2D eigenvalue weighted by Gasteiger charge is 2.51. The van der Waals surface area contributed by atoms with Gasteiger partial charge in [0.15, 0.2) is 24.6 Å². The number of hydrogen-bond donors (Lipinski definition) is 2. The molecular formula is C19H34N2O8. The highest BCUT2D eigenvalue weighted by atomic mass is 16.7. The number of esters is 3. The summed E-state index contributed by atoms with van der Waals surface area (Å²) in [5.41, 5.74) is 5.45. The highest BCUT2D eigenvalue weighted by Crippen LogP contribution is 2.30. The first kappa shape index (κ1) is 25.3. The molecule has 0 aromatic rings. The fourth-order valence-electron chi connectivity index (χ4n) is 3.07. The van der Waals surface area contributed by atoms with Crippen molar-refractivity contribution in [3.8, 4) is 0 Å². The molecule has 10 heteroatoms. The quantitative estimate of drug-likeness (QED) is 0.258. The lowest BCUT2D eigenvalue weighted by Crippen LogP contribution is -2.61. The van der Waals surface area contributed by atoms with Crippen molar-refractivity contribution < 1.29 is 38.1 Å². The predicted molar refractivity (Wildman–Crippen MR) is 103 cm³/mol. The maximum Gasteiger partial charge on any atom is 0.303 e. The fraction of sp³-hybridized carbons (Fsp3) is 0.842.